The third kappa shape index (κ3) is 4.87. The molecule has 2 aromatic carbocycles. The van der Waals surface area contributed by atoms with Gasteiger partial charge < -0.3 is 9.88 Å². The summed E-state index contributed by atoms with van der Waals surface area (Å²) < 4.78 is 1.97. The van der Waals surface area contributed by atoms with Crippen LogP contribution in [-0.2, 0) is 11.3 Å². The molecule has 3 aromatic rings. The fourth-order valence-electron chi connectivity index (χ4n) is 2.84. The van der Waals surface area contributed by atoms with Crippen molar-refractivity contribution in [2.75, 3.05) is 5.75 Å². The summed E-state index contributed by atoms with van der Waals surface area (Å²) in [7, 11) is 0. The Labute approximate surface area is 178 Å². The smallest absolute Gasteiger partial charge is 0.230 e. The van der Waals surface area contributed by atoms with Crippen LogP contribution in [-0.4, -0.2) is 26.4 Å². The molecule has 0 fully saturated rings. The van der Waals surface area contributed by atoms with E-state index in [-0.39, 0.29) is 17.7 Å². The van der Waals surface area contributed by atoms with Crippen molar-refractivity contribution >= 4 is 40.9 Å². The van der Waals surface area contributed by atoms with E-state index in [0.717, 1.165) is 17.0 Å². The SMILES string of the molecule is CCn1c(SCC(=O)NC(C)c2ccccc2Cl)nnc1-c1cccc(Cl)c1. The lowest BCUT2D eigenvalue weighted by molar-refractivity contribution is -0.119. The van der Waals surface area contributed by atoms with Gasteiger partial charge in [-0.05, 0) is 37.6 Å². The Balaban J connectivity index is 1.66. The largest absolute Gasteiger partial charge is 0.349 e. The van der Waals surface area contributed by atoms with E-state index in [1.54, 1.807) is 0 Å². The Hall–Kier alpha value is -2.02. The fourth-order valence-corrected chi connectivity index (χ4v) is 4.14. The molecule has 0 aliphatic rings. The summed E-state index contributed by atoms with van der Waals surface area (Å²) in [4.78, 5) is 12.4. The van der Waals surface area contributed by atoms with Crippen molar-refractivity contribution in [1.82, 2.24) is 20.1 Å². The van der Waals surface area contributed by atoms with Crippen molar-refractivity contribution in [3.8, 4) is 11.4 Å². The first kappa shape index (κ1) is 20.7. The first-order valence-corrected chi connectivity index (χ1v) is 10.6. The third-order valence-corrected chi connectivity index (χ3v) is 5.74. The number of benzene rings is 2. The summed E-state index contributed by atoms with van der Waals surface area (Å²) in [5.41, 5.74) is 1.79. The van der Waals surface area contributed by atoms with E-state index >= 15 is 0 Å². The third-order valence-electron chi connectivity index (χ3n) is 4.20. The van der Waals surface area contributed by atoms with Crippen molar-refractivity contribution in [2.45, 2.75) is 31.6 Å². The molecular formula is C20H20Cl2N4OS. The van der Waals surface area contributed by atoms with Gasteiger partial charge in [-0.2, -0.15) is 0 Å². The number of hydrogen-bond acceptors (Lipinski definition) is 4. The van der Waals surface area contributed by atoms with Gasteiger partial charge in [-0.25, -0.2) is 0 Å². The van der Waals surface area contributed by atoms with Gasteiger partial charge in [0.25, 0.3) is 0 Å². The standard InChI is InChI=1S/C20H20Cl2N4OS/c1-3-26-19(14-7-6-8-15(21)11-14)24-25-20(26)28-12-18(27)23-13(2)16-9-4-5-10-17(16)22/h4-11,13H,3,12H2,1-2H3,(H,23,27). The van der Waals surface area contributed by atoms with Gasteiger partial charge in [0.15, 0.2) is 11.0 Å². The molecule has 1 N–H and O–H groups in total. The minimum absolute atomic E-state index is 0.0904. The zero-order valence-electron chi connectivity index (χ0n) is 15.5. The van der Waals surface area contributed by atoms with Gasteiger partial charge in [-0.3, -0.25) is 4.79 Å². The number of thioether (sulfide) groups is 1. The predicted molar refractivity (Wildman–Crippen MR) is 115 cm³/mol. The molecule has 0 aliphatic carbocycles. The number of nitrogens with one attached hydrogen (secondary N) is 1. The van der Waals surface area contributed by atoms with Crippen LogP contribution in [0, 0.1) is 0 Å². The maximum Gasteiger partial charge on any atom is 0.230 e. The second-order valence-electron chi connectivity index (χ2n) is 6.16. The van der Waals surface area contributed by atoms with Crippen LogP contribution >= 0.6 is 35.0 Å². The quantitative estimate of drug-likeness (QED) is 0.516. The van der Waals surface area contributed by atoms with Crippen molar-refractivity contribution in [2.24, 2.45) is 0 Å². The molecule has 5 nitrogen and oxygen atoms in total. The average molecular weight is 435 g/mol. The van der Waals surface area contributed by atoms with Gasteiger partial charge >= 0.3 is 0 Å². The second kappa shape index (κ2) is 9.45. The molecule has 28 heavy (non-hydrogen) atoms. The Kier molecular flexibility index (Phi) is 6.99. The molecule has 1 atom stereocenters. The average Bonchev–Trinajstić information content (AvgIpc) is 3.09. The van der Waals surface area contributed by atoms with Crippen molar-refractivity contribution < 1.29 is 4.79 Å². The van der Waals surface area contributed by atoms with Gasteiger partial charge in [0.05, 0.1) is 11.8 Å². The van der Waals surface area contributed by atoms with Crippen LogP contribution in [0.4, 0.5) is 0 Å². The minimum atomic E-state index is -0.173. The Morgan fingerprint density at radius 3 is 2.68 bits per heavy atom. The molecule has 1 heterocycles. The molecule has 0 radical (unpaired) electrons. The highest BCUT2D eigenvalue weighted by Crippen LogP contribution is 2.26. The lowest BCUT2D eigenvalue weighted by atomic mass is 10.1. The predicted octanol–water partition coefficient (Wildman–Crippen LogP) is 5.24. The van der Waals surface area contributed by atoms with E-state index < -0.39 is 0 Å². The van der Waals surface area contributed by atoms with Crippen molar-refractivity contribution in [1.29, 1.82) is 0 Å². The van der Waals surface area contributed by atoms with Crippen molar-refractivity contribution in [3.63, 3.8) is 0 Å². The Morgan fingerprint density at radius 1 is 1.18 bits per heavy atom. The zero-order valence-corrected chi connectivity index (χ0v) is 17.9. The van der Waals surface area contributed by atoms with Crippen LogP contribution in [0.5, 0.6) is 0 Å². The molecule has 0 aliphatic heterocycles. The van der Waals surface area contributed by atoms with Gasteiger partial charge in [-0.15, -0.1) is 10.2 Å². The maximum atomic E-state index is 12.4. The molecule has 3 rings (SSSR count). The summed E-state index contributed by atoms with van der Waals surface area (Å²) in [6.45, 7) is 4.62. The van der Waals surface area contributed by atoms with Gasteiger partial charge in [0.1, 0.15) is 0 Å². The summed E-state index contributed by atoms with van der Waals surface area (Å²) in [6.07, 6.45) is 0. The zero-order chi connectivity index (χ0) is 20.1. The summed E-state index contributed by atoms with van der Waals surface area (Å²) in [5, 5.41) is 13.5. The van der Waals surface area contributed by atoms with Crippen LogP contribution in [0.2, 0.25) is 10.0 Å². The molecule has 1 aromatic heterocycles. The number of aromatic nitrogens is 3. The monoisotopic (exact) mass is 434 g/mol. The highest BCUT2D eigenvalue weighted by atomic mass is 35.5. The molecule has 8 heteroatoms. The normalized spacial score (nSPS) is 12.0. The number of carbonyl (C=O) groups is 1. The summed E-state index contributed by atoms with van der Waals surface area (Å²) in [6, 6.07) is 14.8. The van der Waals surface area contributed by atoms with E-state index in [1.807, 2.05) is 66.9 Å². The minimum Gasteiger partial charge on any atom is -0.349 e. The first-order valence-electron chi connectivity index (χ1n) is 8.85. The lowest BCUT2D eigenvalue weighted by Gasteiger charge is -2.15. The Bertz CT molecular complexity index is 976. The van der Waals surface area contributed by atoms with Crippen LogP contribution in [0.1, 0.15) is 25.5 Å². The number of rotatable bonds is 7. The molecule has 0 saturated carbocycles. The molecule has 146 valence electrons. The lowest BCUT2D eigenvalue weighted by Crippen LogP contribution is -2.28. The number of amides is 1. The number of carbonyl (C=O) groups excluding carboxylic acids is 1. The summed E-state index contributed by atoms with van der Waals surface area (Å²) in [5.74, 6) is 0.882. The second-order valence-corrected chi connectivity index (χ2v) is 7.95. The highest BCUT2D eigenvalue weighted by Gasteiger charge is 2.16. The van der Waals surface area contributed by atoms with E-state index in [1.165, 1.54) is 11.8 Å². The van der Waals surface area contributed by atoms with Crippen LogP contribution in [0.25, 0.3) is 11.4 Å². The molecule has 0 bridgehead atoms. The highest BCUT2D eigenvalue weighted by molar-refractivity contribution is 7.99. The molecule has 1 amide bonds. The molecule has 1 unspecified atom stereocenters. The molecular weight excluding hydrogens is 415 g/mol. The topological polar surface area (TPSA) is 59.8 Å². The Morgan fingerprint density at radius 2 is 1.96 bits per heavy atom. The van der Waals surface area contributed by atoms with Crippen LogP contribution in [0.15, 0.2) is 53.7 Å². The van der Waals surface area contributed by atoms with Gasteiger partial charge in [0, 0.05) is 22.2 Å². The van der Waals surface area contributed by atoms with E-state index in [0.29, 0.717) is 21.7 Å². The number of nitrogens with zero attached hydrogens (tertiary/aromatic N) is 3. The maximum absolute atomic E-state index is 12.4. The van der Waals surface area contributed by atoms with Crippen LogP contribution < -0.4 is 5.32 Å². The summed E-state index contributed by atoms with van der Waals surface area (Å²) >= 11 is 13.6. The molecule has 0 saturated heterocycles. The van der Waals surface area contributed by atoms with E-state index in [9.17, 15) is 4.79 Å². The van der Waals surface area contributed by atoms with Gasteiger partial charge in [-0.1, -0.05) is 65.3 Å². The first-order chi connectivity index (χ1) is 13.5. The van der Waals surface area contributed by atoms with E-state index in [4.69, 9.17) is 23.2 Å². The van der Waals surface area contributed by atoms with Crippen molar-refractivity contribution in [3.05, 3.63) is 64.1 Å². The van der Waals surface area contributed by atoms with Gasteiger partial charge in [0.2, 0.25) is 5.91 Å². The van der Waals surface area contributed by atoms with Crippen LogP contribution in [0.3, 0.4) is 0 Å². The number of hydrogen-bond donors (Lipinski definition) is 1. The fraction of sp³-hybridized carbons (Fsp3) is 0.250. The molecule has 0 spiro atoms. The number of halogens is 2. The van der Waals surface area contributed by atoms with E-state index in [2.05, 4.69) is 15.5 Å².